The Kier molecular flexibility index (Phi) is 37.8. The number of carbonyl (C=O) groups excluding carboxylic acids is 7. The van der Waals surface area contributed by atoms with E-state index in [9.17, 15) is 33.6 Å². The van der Waals surface area contributed by atoms with Crippen molar-refractivity contribution in [1.29, 1.82) is 0 Å². The number of carbonyl (C=O) groups is 7. The van der Waals surface area contributed by atoms with Crippen molar-refractivity contribution in [3.63, 3.8) is 0 Å². The number of nitrogens with zero attached hydrogens (tertiary/aromatic N) is 6. The average Bonchev–Trinajstić information content (AvgIpc) is 1.95. The van der Waals surface area contributed by atoms with Gasteiger partial charge < -0.3 is 44.8 Å². The Hall–Kier alpha value is -1.90. The highest BCUT2D eigenvalue weighted by Crippen LogP contribution is 2.32. The third kappa shape index (κ3) is 29.3. The second kappa shape index (κ2) is 42.1. The topological polar surface area (TPSA) is 172 Å². The first-order valence-electron chi connectivity index (χ1n) is 29.2. The van der Waals surface area contributed by atoms with E-state index in [1.54, 1.807) is 19.6 Å². The van der Waals surface area contributed by atoms with E-state index in [4.69, 9.17) is 109 Å². The fourth-order valence-electron chi connectivity index (χ4n) is 9.22. The summed E-state index contributed by atoms with van der Waals surface area (Å²) in [5.74, 6) is 0.516. The minimum atomic E-state index is -0.513. The fourth-order valence-corrected chi connectivity index (χ4v) is 14.3. The van der Waals surface area contributed by atoms with E-state index < -0.39 is 10.8 Å². The number of piperazine rings is 4. The van der Waals surface area contributed by atoms with Crippen molar-refractivity contribution >= 4 is 236 Å². The summed E-state index contributed by atoms with van der Waals surface area (Å²) < 4.78 is 9.49. The summed E-state index contributed by atoms with van der Waals surface area (Å²) in [4.78, 5) is 92.8. The number of aryl methyl sites for hydroxylation is 4. The molecule has 0 radical (unpaired) electrons. The maximum Gasteiger partial charge on any atom is 0.410 e. The molecule has 0 unspecified atom stereocenters. The van der Waals surface area contributed by atoms with E-state index in [0.717, 1.165) is 95.0 Å². The third-order valence-corrected chi connectivity index (χ3v) is 21.4. The molecule has 0 atom stereocenters. The molecule has 0 aromatic heterocycles. The van der Waals surface area contributed by atoms with Gasteiger partial charge in [0.2, 0.25) is 34.8 Å². The molecule has 4 aliphatic rings. The maximum absolute atomic E-state index is 12.5. The lowest BCUT2D eigenvalue weighted by Gasteiger charge is -2.35. The van der Waals surface area contributed by atoms with Gasteiger partial charge in [-0.05, 0) is 231 Å². The Morgan fingerprint density at radius 3 is 0.880 bits per heavy atom. The first kappa shape index (κ1) is 82.5. The Balaban J connectivity index is 0.000000257. The molecule has 4 saturated heterocycles. The standard InChI is InChI=1S/C18H23Cl2IN2O3.C16H17Cl2IN2O2.2C13H15Cl2IN2O.C3H3ClO/c1-18(2,3)26-17(25)23-8-6-22(7-9-23)16(24)5-4-12-10-13(19)14(20)11-15(12)21;1-2-15(22)20-5-7-21(8-6-20)16(23)4-3-11-9-12(17)13(18)10-14(11)19;2*14-10-7-9(12(16)8-11(10)15)1-2-13(19)18-5-3-17-4-6-18;1-2-3(4)5/h10-11H,4-9H2,1-3H3;2,9-10H,1,3-8H2;2*7-8,17H,1-6H2;2H,1H2. The first-order chi connectivity index (χ1) is 43.4. The molecule has 504 valence electrons. The minimum absolute atomic E-state index is 0.0794. The SMILES string of the molecule is C=CC(=O)Cl.C=CC(=O)N1CCN(C(=O)CCc2cc(Cl)c(Cl)cc2I)CC1.CC(C)(C)OC(=O)N1CCN(C(=O)CCc2cc(Cl)c(Cl)cc2I)CC1.O=C(CCc1cc(Cl)c(Cl)cc1I)N1CCNCC1.O=C(CCc1cc(Cl)c(Cl)cc1I)N1CCNCC1. The monoisotopic (exact) mass is 1890 g/mol. The number of allylic oxidation sites excluding steroid dienone is 1. The van der Waals surface area contributed by atoms with Gasteiger partial charge >= 0.3 is 6.09 Å². The van der Waals surface area contributed by atoms with Crippen molar-refractivity contribution in [3.05, 3.63) is 151 Å². The number of benzene rings is 4. The summed E-state index contributed by atoms with van der Waals surface area (Å²) in [6.07, 6.45) is 6.54. The Morgan fingerprint density at radius 2 is 0.641 bits per heavy atom. The zero-order valence-corrected chi connectivity index (χ0v) is 66.5. The lowest BCUT2D eigenvalue weighted by molar-refractivity contribution is -0.137. The van der Waals surface area contributed by atoms with Crippen LogP contribution in [0, 0.1) is 14.3 Å². The molecule has 29 heteroatoms. The molecule has 4 heterocycles. The van der Waals surface area contributed by atoms with E-state index in [1.165, 1.54) is 6.08 Å². The Bertz CT molecular complexity index is 3140. The van der Waals surface area contributed by atoms with Gasteiger partial charge in [-0.1, -0.05) is 106 Å². The fraction of sp³-hybridized carbons (Fsp3) is 0.444. The highest BCUT2D eigenvalue weighted by atomic mass is 127. The number of hydrogen-bond acceptors (Lipinski definition) is 10. The molecule has 0 bridgehead atoms. The summed E-state index contributed by atoms with van der Waals surface area (Å²) in [7, 11) is 0. The summed E-state index contributed by atoms with van der Waals surface area (Å²) in [6, 6.07) is 14.7. The van der Waals surface area contributed by atoms with Crippen LogP contribution in [0.1, 0.15) is 68.7 Å². The number of halogens is 13. The second-order valence-electron chi connectivity index (χ2n) is 22.0. The van der Waals surface area contributed by atoms with Crippen LogP contribution in [0.4, 0.5) is 4.79 Å². The van der Waals surface area contributed by atoms with Gasteiger partial charge in [-0.25, -0.2) is 4.79 Å². The smallest absolute Gasteiger partial charge is 0.410 e. The summed E-state index contributed by atoms with van der Waals surface area (Å²) >= 11 is 61.5. The van der Waals surface area contributed by atoms with Crippen LogP contribution in [0.15, 0.2) is 73.8 Å². The van der Waals surface area contributed by atoms with Gasteiger partial charge in [-0.3, -0.25) is 28.8 Å². The van der Waals surface area contributed by atoms with Gasteiger partial charge in [-0.2, -0.15) is 0 Å². The molecule has 0 aliphatic carbocycles. The molecular weight excluding hydrogens is 1820 g/mol. The van der Waals surface area contributed by atoms with E-state index in [2.05, 4.69) is 114 Å². The molecule has 2 N–H and O–H groups in total. The van der Waals surface area contributed by atoms with E-state index in [1.807, 2.05) is 79.1 Å². The molecule has 4 aromatic carbocycles. The molecule has 92 heavy (non-hydrogen) atoms. The average molecular weight is 1900 g/mol. The number of ether oxygens (including phenoxy) is 1. The van der Waals surface area contributed by atoms with Gasteiger partial charge in [0.25, 0.3) is 0 Å². The van der Waals surface area contributed by atoms with Crippen LogP contribution in [0.25, 0.3) is 0 Å². The van der Waals surface area contributed by atoms with Crippen LogP contribution in [0.3, 0.4) is 0 Å². The van der Waals surface area contributed by atoms with Crippen LogP contribution in [0.2, 0.25) is 40.2 Å². The normalized spacial score (nSPS) is 14.8. The van der Waals surface area contributed by atoms with Crippen molar-refractivity contribution in [2.24, 2.45) is 0 Å². The van der Waals surface area contributed by atoms with Crippen LogP contribution in [-0.4, -0.2) is 181 Å². The zero-order valence-electron chi connectivity index (χ0n) is 51.0. The van der Waals surface area contributed by atoms with E-state index in [-0.39, 0.29) is 35.6 Å². The Morgan fingerprint density at radius 1 is 0.413 bits per heavy atom. The van der Waals surface area contributed by atoms with E-state index >= 15 is 0 Å². The number of nitrogens with one attached hydrogen (secondary N) is 2. The predicted molar refractivity (Wildman–Crippen MR) is 408 cm³/mol. The third-order valence-electron chi connectivity index (χ3n) is 14.3. The summed E-state index contributed by atoms with van der Waals surface area (Å²) in [6.45, 7) is 23.1. The van der Waals surface area contributed by atoms with E-state index in [0.29, 0.717) is 144 Å². The second-order valence-corrected chi connectivity index (χ2v) is 30.2. The molecule has 0 spiro atoms. The molecule has 0 saturated carbocycles. The highest BCUT2D eigenvalue weighted by molar-refractivity contribution is 14.1. The summed E-state index contributed by atoms with van der Waals surface area (Å²) in [5.41, 5.74) is 3.69. The van der Waals surface area contributed by atoms with Crippen molar-refractivity contribution in [3.8, 4) is 0 Å². The molecule has 16 nitrogen and oxygen atoms in total. The molecule has 4 fully saturated rings. The number of amides is 6. The number of rotatable bonds is 14. The first-order valence-corrected chi connectivity index (χ1v) is 36.9. The van der Waals surface area contributed by atoms with Crippen molar-refractivity contribution < 1.29 is 38.3 Å². The largest absolute Gasteiger partial charge is 0.444 e. The molecule has 4 aliphatic heterocycles. The lowest BCUT2D eigenvalue weighted by atomic mass is 10.1. The van der Waals surface area contributed by atoms with Gasteiger partial charge in [-0.15, -0.1) is 0 Å². The van der Waals surface area contributed by atoms with Crippen LogP contribution >= 0.6 is 195 Å². The minimum Gasteiger partial charge on any atom is -0.444 e. The van der Waals surface area contributed by atoms with Gasteiger partial charge in [0.05, 0.1) is 40.2 Å². The molecular formula is C63H73Cl9I4N8O8. The maximum atomic E-state index is 12.5. The molecule has 4 aromatic rings. The van der Waals surface area contributed by atoms with Gasteiger partial charge in [0.1, 0.15) is 5.60 Å². The van der Waals surface area contributed by atoms with Gasteiger partial charge in [0.15, 0.2) is 0 Å². The van der Waals surface area contributed by atoms with Crippen molar-refractivity contribution in [1.82, 2.24) is 40.0 Å². The zero-order chi connectivity index (χ0) is 68.4. The predicted octanol–water partition coefficient (Wildman–Crippen LogP) is 14.9. The van der Waals surface area contributed by atoms with Crippen LogP contribution in [-0.2, 0) is 59.2 Å². The Labute approximate surface area is 639 Å². The van der Waals surface area contributed by atoms with Crippen molar-refractivity contribution in [2.75, 3.05) is 105 Å². The molecule has 8 rings (SSSR count). The lowest BCUT2D eigenvalue weighted by Crippen LogP contribution is -2.51. The highest BCUT2D eigenvalue weighted by Gasteiger charge is 2.28. The number of hydrogen-bond donors (Lipinski definition) is 2. The van der Waals surface area contributed by atoms with Crippen LogP contribution < -0.4 is 10.6 Å². The van der Waals surface area contributed by atoms with Gasteiger partial charge in [0, 0.05) is 145 Å². The quantitative estimate of drug-likeness (QED) is 0.0536. The van der Waals surface area contributed by atoms with Crippen molar-refractivity contribution in [2.45, 2.75) is 77.7 Å². The molecule has 6 amide bonds. The summed E-state index contributed by atoms with van der Waals surface area (Å²) in [5, 5.41) is 10.2. The van der Waals surface area contributed by atoms with Crippen LogP contribution in [0.5, 0.6) is 0 Å².